The zero-order valence-corrected chi connectivity index (χ0v) is 12.5. The van der Waals surface area contributed by atoms with Gasteiger partial charge in [0, 0.05) is 11.7 Å². The van der Waals surface area contributed by atoms with E-state index in [0.29, 0.717) is 23.0 Å². The SMILES string of the molecule is COc1ccc(NC(=O)NC(C)Cn2cncn2)cc1Cl. The van der Waals surface area contributed by atoms with E-state index < -0.39 is 0 Å². The molecule has 112 valence electrons. The van der Waals surface area contributed by atoms with Crippen LogP contribution in [0.1, 0.15) is 6.92 Å². The first-order valence-electron chi connectivity index (χ1n) is 6.32. The van der Waals surface area contributed by atoms with Crippen molar-refractivity contribution < 1.29 is 9.53 Å². The van der Waals surface area contributed by atoms with Crippen LogP contribution in [-0.2, 0) is 6.54 Å². The molecular formula is C13H16ClN5O2. The molecule has 0 aliphatic carbocycles. The molecule has 2 N–H and O–H groups in total. The van der Waals surface area contributed by atoms with E-state index in [0.717, 1.165) is 0 Å². The zero-order chi connectivity index (χ0) is 15.2. The van der Waals surface area contributed by atoms with Crippen molar-refractivity contribution in [3.05, 3.63) is 35.9 Å². The van der Waals surface area contributed by atoms with Gasteiger partial charge < -0.3 is 15.4 Å². The first kappa shape index (κ1) is 15.1. The van der Waals surface area contributed by atoms with E-state index in [2.05, 4.69) is 20.7 Å². The predicted molar refractivity (Wildman–Crippen MR) is 79.6 cm³/mol. The average molecular weight is 310 g/mol. The van der Waals surface area contributed by atoms with E-state index in [1.807, 2.05) is 6.92 Å². The van der Waals surface area contributed by atoms with Crippen LogP contribution in [0.5, 0.6) is 5.75 Å². The number of rotatable bonds is 5. The van der Waals surface area contributed by atoms with Gasteiger partial charge in [-0.25, -0.2) is 9.78 Å². The summed E-state index contributed by atoms with van der Waals surface area (Å²) in [5.41, 5.74) is 0.589. The van der Waals surface area contributed by atoms with Gasteiger partial charge in [0.05, 0.1) is 18.7 Å². The molecule has 1 aromatic carbocycles. The first-order valence-corrected chi connectivity index (χ1v) is 6.69. The molecular weight excluding hydrogens is 294 g/mol. The Hall–Kier alpha value is -2.28. The van der Waals surface area contributed by atoms with Gasteiger partial charge in [-0.2, -0.15) is 5.10 Å². The molecule has 1 unspecified atom stereocenters. The van der Waals surface area contributed by atoms with Crippen LogP contribution in [0.15, 0.2) is 30.9 Å². The molecule has 0 fully saturated rings. The Labute approximate surface area is 127 Å². The molecule has 0 spiro atoms. The van der Waals surface area contributed by atoms with Gasteiger partial charge in [0.25, 0.3) is 0 Å². The second-order valence-electron chi connectivity index (χ2n) is 4.47. The number of hydrogen-bond acceptors (Lipinski definition) is 4. The predicted octanol–water partition coefficient (Wildman–Crippen LogP) is 2.15. The van der Waals surface area contributed by atoms with E-state index in [9.17, 15) is 4.79 Å². The molecule has 0 saturated heterocycles. The van der Waals surface area contributed by atoms with Crippen LogP contribution in [0.4, 0.5) is 10.5 Å². The van der Waals surface area contributed by atoms with Crippen molar-refractivity contribution >= 4 is 23.3 Å². The maximum atomic E-state index is 11.9. The normalized spacial score (nSPS) is 11.8. The number of hydrogen-bond donors (Lipinski definition) is 2. The van der Waals surface area contributed by atoms with Gasteiger partial charge in [-0.05, 0) is 25.1 Å². The highest BCUT2D eigenvalue weighted by atomic mass is 35.5. The zero-order valence-electron chi connectivity index (χ0n) is 11.7. The van der Waals surface area contributed by atoms with Gasteiger partial charge in [0.2, 0.25) is 0 Å². The number of carbonyl (C=O) groups is 1. The Morgan fingerprint density at radius 1 is 1.52 bits per heavy atom. The van der Waals surface area contributed by atoms with Crippen molar-refractivity contribution in [1.29, 1.82) is 0 Å². The summed E-state index contributed by atoms with van der Waals surface area (Å²) < 4.78 is 6.70. The van der Waals surface area contributed by atoms with Crippen LogP contribution < -0.4 is 15.4 Å². The summed E-state index contributed by atoms with van der Waals surface area (Å²) in [5.74, 6) is 0.558. The second-order valence-corrected chi connectivity index (χ2v) is 4.87. The van der Waals surface area contributed by atoms with Gasteiger partial charge in [0.1, 0.15) is 18.4 Å². The summed E-state index contributed by atoms with van der Waals surface area (Å²) in [6.07, 6.45) is 3.05. The lowest BCUT2D eigenvalue weighted by molar-refractivity contribution is 0.247. The Bertz CT molecular complexity index is 603. The Morgan fingerprint density at radius 2 is 2.33 bits per heavy atom. The first-order chi connectivity index (χ1) is 10.1. The third kappa shape index (κ3) is 4.35. The van der Waals surface area contributed by atoms with Crippen molar-refractivity contribution in [2.75, 3.05) is 12.4 Å². The summed E-state index contributed by atoms with van der Waals surface area (Å²) in [6.45, 7) is 2.42. The highest BCUT2D eigenvalue weighted by Gasteiger charge is 2.09. The minimum absolute atomic E-state index is 0.0968. The van der Waals surface area contributed by atoms with E-state index in [-0.39, 0.29) is 12.1 Å². The van der Waals surface area contributed by atoms with Crippen LogP contribution in [0, 0.1) is 0 Å². The molecule has 2 aromatic rings. The fraction of sp³-hybridized carbons (Fsp3) is 0.308. The van der Waals surface area contributed by atoms with Crippen LogP contribution in [0.25, 0.3) is 0 Å². The van der Waals surface area contributed by atoms with Crippen LogP contribution >= 0.6 is 11.6 Å². The summed E-state index contributed by atoms with van der Waals surface area (Å²) in [6, 6.07) is 4.62. The van der Waals surface area contributed by atoms with Crippen LogP contribution in [0.3, 0.4) is 0 Å². The lowest BCUT2D eigenvalue weighted by atomic mass is 10.3. The Kier molecular flexibility index (Phi) is 4.99. The van der Waals surface area contributed by atoms with E-state index in [1.54, 1.807) is 29.2 Å². The molecule has 8 heteroatoms. The number of nitrogens with zero attached hydrogens (tertiary/aromatic N) is 3. The number of halogens is 1. The molecule has 1 atom stereocenters. The fourth-order valence-corrected chi connectivity index (χ4v) is 2.05. The number of methoxy groups -OCH3 is 1. The molecule has 0 aliphatic heterocycles. The number of carbonyl (C=O) groups excluding carboxylic acids is 1. The van der Waals surface area contributed by atoms with Gasteiger partial charge in [0.15, 0.2) is 0 Å². The van der Waals surface area contributed by atoms with E-state index in [1.165, 1.54) is 13.4 Å². The monoisotopic (exact) mass is 309 g/mol. The van der Waals surface area contributed by atoms with Crippen molar-refractivity contribution in [2.24, 2.45) is 0 Å². The van der Waals surface area contributed by atoms with Crippen LogP contribution in [0.2, 0.25) is 5.02 Å². The largest absolute Gasteiger partial charge is 0.495 e. The molecule has 0 radical (unpaired) electrons. The molecule has 1 heterocycles. The maximum Gasteiger partial charge on any atom is 0.319 e. The Morgan fingerprint density at radius 3 is 2.95 bits per heavy atom. The van der Waals surface area contributed by atoms with Gasteiger partial charge in [-0.15, -0.1) is 0 Å². The number of aromatic nitrogens is 3. The summed E-state index contributed by atoms with van der Waals surface area (Å²) >= 11 is 6.00. The smallest absolute Gasteiger partial charge is 0.319 e. The second kappa shape index (κ2) is 6.94. The van der Waals surface area contributed by atoms with Crippen LogP contribution in [-0.4, -0.2) is 33.9 Å². The lowest BCUT2D eigenvalue weighted by Crippen LogP contribution is -2.38. The molecule has 0 bridgehead atoms. The van der Waals surface area contributed by atoms with Crippen molar-refractivity contribution in [3.8, 4) is 5.75 Å². The third-order valence-corrected chi connectivity index (χ3v) is 3.01. The number of urea groups is 1. The van der Waals surface area contributed by atoms with Crippen molar-refractivity contribution in [1.82, 2.24) is 20.1 Å². The third-order valence-electron chi connectivity index (χ3n) is 2.71. The molecule has 0 aliphatic rings. The van der Waals surface area contributed by atoms with E-state index >= 15 is 0 Å². The van der Waals surface area contributed by atoms with Gasteiger partial charge in [-0.1, -0.05) is 11.6 Å². The minimum Gasteiger partial charge on any atom is -0.495 e. The number of amides is 2. The van der Waals surface area contributed by atoms with Crippen molar-refractivity contribution in [2.45, 2.75) is 19.5 Å². The quantitative estimate of drug-likeness (QED) is 0.886. The van der Waals surface area contributed by atoms with Gasteiger partial charge >= 0.3 is 6.03 Å². The van der Waals surface area contributed by atoms with Crippen molar-refractivity contribution in [3.63, 3.8) is 0 Å². The molecule has 0 saturated carbocycles. The number of ether oxygens (including phenoxy) is 1. The molecule has 1 aromatic heterocycles. The highest BCUT2D eigenvalue weighted by molar-refractivity contribution is 6.32. The Balaban J connectivity index is 1.87. The molecule has 2 amide bonds. The van der Waals surface area contributed by atoms with Gasteiger partial charge in [-0.3, -0.25) is 4.68 Å². The maximum absolute atomic E-state index is 11.9. The number of benzene rings is 1. The minimum atomic E-state index is -0.316. The standard InChI is InChI=1S/C13H16ClN5O2/c1-9(6-19-8-15-7-16-19)17-13(20)18-10-3-4-12(21-2)11(14)5-10/h3-5,7-9H,6H2,1-2H3,(H2,17,18,20). The fourth-order valence-electron chi connectivity index (χ4n) is 1.79. The summed E-state index contributed by atoms with van der Waals surface area (Å²) in [7, 11) is 1.53. The van der Waals surface area contributed by atoms with E-state index in [4.69, 9.17) is 16.3 Å². The molecule has 2 rings (SSSR count). The number of anilines is 1. The molecule has 21 heavy (non-hydrogen) atoms. The topological polar surface area (TPSA) is 81.1 Å². The highest BCUT2D eigenvalue weighted by Crippen LogP contribution is 2.27. The lowest BCUT2D eigenvalue weighted by Gasteiger charge is -2.14. The average Bonchev–Trinajstić information content (AvgIpc) is 2.91. The molecule has 7 nitrogen and oxygen atoms in total. The summed E-state index contributed by atoms with van der Waals surface area (Å²) in [5, 5.41) is 9.93. The summed E-state index contributed by atoms with van der Waals surface area (Å²) in [4.78, 5) is 15.7. The number of nitrogens with one attached hydrogen (secondary N) is 2.